The zero-order chi connectivity index (χ0) is 31.2. The summed E-state index contributed by atoms with van der Waals surface area (Å²) in [6.07, 6.45) is 10.1. The van der Waals surface area contributed by atoms with Crippen LogP contribution < -0.4 is 10.1 Å². The van der Waals surface area contributed by atoms with Gasteiger partial charge in [0.2, 0.25) is 0 Å². The number of carbonyl (C=O) groups is 1. The van der Waals surface area contributed by atoms with Gasteiger partial charge in [-0.1, -0.05) is 62.6 Å². The number of ether oxygens (including phenoxy) is 3. The molecule has 0 aliphatic heterocycles. The molecule has 0 bridgehead atoms. The summed E-state index contributed by atoms with van der Waals surface area (Å²) in [6, 6.07) is 4.21. The molecule has 3 rings (SSSR count). The van der Waals surface area contributed by atoms with Crippen LogP contribution >= 0.6 is 0 Å². The summed E-state index contributed by atoms with van der Waals surface area (Å²) < 4.78 is 19.0. The fourth-order valence-electron chi connectivity index (χ4n) is 5.42. The number of nitrogens with zero attached hydrogens (tertiary/aromatic N) is 3. The summed E-state index contributed by atoms with van der Waals surface area (Å²) in [5.41, 5.74) is 4.65. The zero-order valence-corrected chi connectivity index (χ0v) is 26.9. The zero-order valence-electron chi connectivity index (χ0n) is 26.9. The molecule has 43 heavy (non-hydrogen) atoms. The number of unbranched alkanes of at least 4 members (excludes halogenated alkanes) is 2. The predicted octanol–water partition coefficient (Wildman–Crippen LogP) is 6.26. The Labute approximate surface area is 257 Å². The largest absolute Gasteiger partial charge is 0.507 e. The van der Waals surface area contributed by atoms with Crippen molar-refractivity contribution < 1.29 is 24.1 Å². The van der Waals surface area contributed by atoms with Gasteiger partial charge in [0.25, 0.3) is 0 Å². The molecule has 9 nitrogen and oxygen atoms in total. The van der Waals surface area contributed by atoms with E-state index in [1.807, 2.05) is 25.3 Å². The van der Waals surface area contributed by atoms with E-state index in [0.29, 0.717) is 42.8 Å². The van der Waals surface area contributed by atoms with Gasteiger partial charge in [-0.25, -0.2) is 4.68 Å². The van der Waals surface area contributed by atoms with Gasteiger partial charge in [-0.3, -0.25) is 4.79 Å². The Morgan fingerprint density at radius 3 is 2.77 bits per heavy atom. The SMILES string of the molecule is C=C(C)[C@@H]1CCC(C)=C[C@H]1c1c(O)cc(CCCCC)cc1OC(=O)CCOCc1cn(CCOCCNC(C)C)nn1. The van der Waals surface area contributed by atoms with Crippen molar-refractivity contribution in [1.29, 1.82) is 0 Å². The number of aromatic nitrogens is 3. The number of hydrogen-bond donors (Lipinski definition) is 2. The van der Waals surface area contributed by atoms with E-state index >= 15 is 0 Å². The lowest BCUT2D eigenvalue weighted by molar-refractivity contribution is -0.135. The molecule has 0 spiro atoms. The molecule has 238 valence electrons. The van der Waals surface area contributed by atoms with Gasteiger partial charge in [-0.05, 0) is 63.1 Å². The van der Waals surface area contributed by atoms with Gasteiger partial charge in [-0.2, -0.15) is 0 Å². The van der Waals surface area contributed by atoms with E-state index in [2.05, 4.69) is 56.0 Å². The maximum atomic E-state index is 13.0. The van der Waals surface area contributed by atoms with Gasteiger partial charge in [0.05, 0.1) is 45.6 Å². The van der Waals surface area contributed by atoms with Crippen LogP contribution in [0.3, 0.4) is 0 Å². The number of nitrogens with one attached hydrogen (secondary N) is 1. The summed E-state index contributed by atoms with van der Waals surface area (Å²) in [5, 5.41) is 22.8. The molecule has 1 aliphatic carbocycles. The van der Waals surface area contributed by atoms with E-state index in [0.717, 1.165) is 56.2 Å². The second kappa shape index (κ2) is 18.0. The maximum absolute atomic E-state index is 13.0. The normalized spacial score (nSPS) is 16.8. The summed E-state index contributed by atoms with van der Waals surface area (Å²) in [5.74, 6) is 0.283. The van der Waals surface area contributed by atoms with E-state index < -0.39 is 5.97 Å². The Hall–Kier alpha value is -3.01. The van der Waals surface area contributed by atoms with Crippen molar-refractivity contribution in [3.63, 3.8) is 0 Å². The molecule has 1 aromatic carbocycles. The summed E-state index contributed by atoms with van der Waals surface area (Å²) in [4.78, 5) is 13.0. The van der Waals surface area contributed by atoms with Crippen LogP contribution in [0.1, 0.15) is 95.9 Å². The van der Waals surface area contributed by atoms with E-state index in [1.165, 1.54) is 5.57 Å². The van der Waals surface area contributed by atoms with Gasteiger partial charge in [0.1, 0.15) is 17.2 Å². The van der Waals surface area contributed by atoms with Crippen LogP contribution in [-0.2, 0) is 33.8 Å². The number of esters is 1. The Kier molecular flexibility index (Phi) is 14.4. The van der Waals surface area contributed by atoms with Gasteiger partial charge in [0.15, 0.2) is 0 Å². The monoisotopic (exact) mass is 596 g/mol. The van der Waals surface area contributed by atoms with Crippen LogP contribution in [0.4, 0.5) is 0 Å². The number of aryl methyl sites for hydroxylation is 1. The number of allylic oxidation sites excluding steroid dienone is 3. The van der Waals surface area contributed by atoms with Crippen LogP contribution in [0.5, 0.6) is 11.5 Å². The van der Waals surface area contributed by atoms with Crippen molar-refractivity contribution in [1.82, 2.24) is 20.3 Å². The van der Waals surface area contributed by atoms with Crippen molar-refractivity contribution in [3.05, 3.63) is 59.0 Å². The Morgan fingerprint density at radius 1 is 1.21 bits per heavy atom. The lowest BCUT2D eigenvalue weighted by atomic mass is 9.73. The van der Waals surface area contributed by atoms with Gasteiger partial charge < -0.3 is 24.6 Å². The third kappa shape index (κ3) is 11.5. The highest BCUT2D eigenvalue weighted by molar-refractivity contribution is 5.73. The minimum absolute atomic E-state index is 0.0795. The van der Waals surface area contributed by atoms with Gasteiger partial charge >= 0.3 is 5.97 Å². The Morgan fingerprint density at radius 2 is 2.02 bits per heavy atom. The lowest BCUT2D eigenvalue weighted by Crippen LogP contribution is -2.27. The molecule has 1 heterocycles. The average Bonchev–Trinajstić information content (AvgIpc) is 3.40. The van der Waals surface area contributed by atoms with E-state index in [-0.39, 0.29) is 37.2 Å². The van der Waals surface area contributed by atoms with Crippen LogP contribution in [0.2, 0.25) is 0 Å². The third-order valence-electron chi connectivity index (χ3n) is 7.74. The second-order valence-corrected chi connectivity index (χ2v) is 12.0. The van der Waals surface area contributed by atoms with E-state index in [9.17, 15) is 9.90 Å². The first kappa shape index (κ1) is 34.5. The standard InChI is InChI=1S/C34H52N4O5/c1-7-8-9-10-27-20-31(39)34(30-19-26(6)11-12-29(30)24(2)3)32(21-27)43-33(40)13-16-42-23-28-22-38(37-36-28)15-18-41-17-14-35-25(4)5/h19-22,25,29-30,35,39H,2,7-18,23H2,1,3-6H3/t29-,30+/m0/s1. The van der Waals surface area contributed by atoms with Crippen LogP contribution in [0.15, 0.2) is 42.1 Å². The molecule has 9 heteroatoms. The number of carbonyl (C=O) groups excluding carboxylic acids is 1. The molecular formula is C34H52N4O5. The third-order valence-corrected chi connectivity index (χ3v) is 7.74. The molecule has 2 atom stereocenters. The molecule has 0 saturated heterocycles. The second-order valence-electron chi connectivity index (χ2n) is 12.0. The van der Waals surface area contributed by atoms with E-state index in [4.69, 9.17) is 14.2 Å². The van der Waals surface area contributed by atoms with Crippen molar-refractivity contribution in [2.75, 3.05) is 26.4 Å². The fourth-order valence-corrected chi connectivity index (χ4v) is 5.42. The molecule has 1 aromatic heterocycles. The number of aromatic hydroxyl groups is 1. The molecule has 0 radical (unpaired) electrons. The summed E-state index contributed by atoms with van der Waals surface area (Å²) in [7, 11) is 0. The fraction of sp³-hybridized carbons (Fsp3) is 0.618. The molecule has 0 unspecified atom stereocenters. The van der Waals surface area contributed by atoms with E-state index in [1.54, 1.807) is 4.68 Å². The minimum Gasteiger partial charge on any atom is -0.507 e. The van der Waals surface area contributed by atoms with Gasteiger partial charge in [-0.15, -0.1) is 5.10 Å². The molecule has 2 aromatic rings. The van der Waals surface area contributed by atoms with Gasteiger partial charge in [0, 0.05) is 24.1 Å². The number of hydrogen-bond acceptors (Lipinski definition) is 8. The Balaban J connectivity index is 1.57. The topological polar surface area (TPSA) is 108 Å². The molecular weight excluding hydrogens is 544 g/mol. The first-order valence-electron chi connectivity index (χ1n) is 15.8. The average molecular weight is 597 g/mol. The lowest BCUT2D eigenvalue weighted by Gasteiger charge is -2.32. The quantitative estimate of drug-likeness (QED) is 0.0847. The first-order valence-corrected chi connectivity index (χ1v) is 15.8. The number of phenols is 1. The molecule has 1 aliphatic rings. The highest BCUT2D eigenvalue weighted by Gasteiger charge is 2.31. The minimum atomic E-state index is -0.400. The molecule has 0 saturated carbocycles. The number of benzene rings is 1. The Bertz CT molecular complexity index is 1210. The summed E-state index contributed by atoms with van der Waals surface area (Å²) in [6.45, 7) is 17.8. The first-order chi connectivity index (χ1) is 20.7. The van der Waals surface area contributed by atoms with Crippen molar-refractivity contribution in [2.45, 2.75) is 105 Å². The number of phenolic OH excluding ortho intramolecular Hbond substituents is 1. The predicted molar refractivity (Wildman–Crippen MR) is 169 cm³/mol. The smallest absolute Gasteiger partial charge is 0.313 e. The van der Waals surface area contributed by atoms with Crippen LogP contribution in [-0.4, -0.2) is 58.5 Å². The van der Waals surface area contributed by atoms with Crippen molar-refractivity contribution in [3.8, 4) is 11.5 Å². The maximum Gasteiger partial charge on any atom is 0.313 e. The van der Waals surface area contributed by atoms with Crippen LogP contribution in [0, 0.1) is 5.92 Å². The van der Waals surface area contributed by atoms with Crippen LogP contribution in [0.25, 0.3) is 0 Å². The summed E-state index contributed by atoms with van der Waals surface area (Å²) >= 11 is 0. The highest BCUT2D eigenvalue weighted by Crippen LogP contribution is 2.47. The van der Waals surface area contributed by atoms with Crippen molar-refractivity contribution in [2.24, 2.45) is 5.92 Å². The molecule has 2 N–H and O–H groups in total. The number of rotatable bonds is 19. The molecule has 0 amide bonds. The highest BCUT2D eigenvalue weighted by atomic mass is 16.5. The van der Waals surface area contributed by atoms with Crippen molar-refractivity contribution >= 4 is 5.97 Å². The molecule has 0 fully saturated rings.